The second-order valence-electron chi connectivity index (χ2n) is 10.7. The van der Waals surface area contributed by atoms with E-state index < -0.39 is 0 Å². The van der Waals surface area contributed by atoms with Crippen LogP contribution in [0, 0.1) is 0 Å². The molecule has 0 atom stereocenters. The maximum atomic E-state index is 5.16. The van der Waals surface area contributed by atoms with Crippen LogP contribution in [0.2, 0.25) is 0 Å². The molecule has 0 spiro atoms. The number of pyridine rings is 4. The highest BCUT2D eigenvalue weighted by Gasteiger charge is 2.23. The zero-order chi connectivity index (χ0) is 29.5. The maximum Gasteiger partial charge on any atom is 0.242 e. The Morgan fingerprint density at radius 3 is 1.42 bits per heavy atom. The van der Waals surface area contributed by atoms with E-state index in [0.29, 0.717) is 40.3 Å². The van der Waals surface area contributed by atoms with E-state index in [0.717, 1.165) is 42.6 Å². The summed E-state index contributed by atoms with van der Waals surface area (Å²) < 4.78 is 6.21. The van der Waals surface area contributed by atoms with Crippen LogP contribution in [0.4, 0.5) is 0 Å². The normalized spacial score (nSPS) is 12.0. The van der Waals surface area contributed by atoms with Gasteiger partial charge in [-0.05, 0) is 60.7 Å². The molecule has 9 nitrogen and oxygen atoms in total. The summed E-state index contributed by atoms with van der Waals surface area (Å²) >= 11 is 1.76. The highest BCUT2D eigenvalue weighted by atomic mass is 32.1. The third kappa shape index (κ3) is 3.45. The fourth-order valence-electron chi connectivity index (χ4n) is 6.36. The summed E-state index contributed by atoms with van der Waals surface area (Å²) in [5.74, 6) is 1.35. The van der Waals surface area contributed by atoms with Crippen LogP contribution in [0.25, 0.3) is 87.6 Å². The number of hydrogen-bond acceptors (Lipinski definition) is 8. The van der Waals surface area contributed by atoms with Gasteiger partial charge in [-0.1, -0.05) is 30.3 Å². The van der Waals surface area contributed by atoms with E-state index >= 15 is 0 Å². The van der Waals surface area contributed by atoms with Gasteiger partial charge in [0.1, 0.15) is 22.6 Å². The van der Waals surface area contributed by atoms with Crippen molar-refractivity contribution in [3.05, 3.63) is 116 Å². The topological polar surface area (TPSA) is 100 Å². The average molecular weight is 598 g/mol. The number of fused-ring (bicyclic) bond motifs is 9. The van der Waals surface area contributed by atoms with Crippen molar-refractivity contribution in [3.63, 3.8) is 0 Å². The van der Waals surface area contributed by atoms with E-state index in [4.69, 9.17) is 34.9 Å². The minimum atomic E-state index is 0.408. The zero-order valence-corrected chi connectivity index (χ0v) is 24.2. The summed E-state index contributed by atoms with van der Waals surface area (Å²) in [7, 11) is 0. The molecule has 0 aliphatic carbocycles. The first-order valence-corrected chi connectivity index (χ1v) is 15.2. The maximum absolute atomic E-state index is 5.16. The lowest BCUT2D eigenvalue weighted by atomic mass is 10.1. The van der Waals surface area contributed by atoms with Crippen molar-refractivity contribution in [1.82, 2.24) is 44.0 Å². The highest BCUT2D eigenvalue weighted by Crippen LogP contribution is 2.40. The Kier molecular flexibility index (Phi) is 4.96. The fraction of sp³-hybridized carbons (Fsp3) is 0. The number of rotatable bonds is 3. The van der Waals surface area contributed by atoms with Crippen molar-refractivity contribution < 1.29 is 0 Å². The molecule has 210 valence electrons. The lowest BCUT2D eigenvalue weighted by Crippen LogP contribution is -2.11. The lowest BCUT2D eigenvalue weighted by molar-refractivity contribution is 0.876. The van der Waals surface area contributed by atoms with Crippen molar-refractivity contribution in [3.8, 4) is 23.3 Å². The molecule has 0 aliphatic heterocycles. The van der Waals surface area contributed by atoms with E-state index in [-0.39, 0.29) is 0 Å². The van der Waals surface area contributed by atoms with Crippen molar-refractivity contribution in [2.45, 2.75) is 0 Å². The Labute approximate surface area is 258 Å². The van der Waals surface area contributed by atoms with Gasteiger partial charge in [0.2, 0.25) is 11.9 Å². The number of nitrogens with zero attached hydrogens (tertiary/aromatic N) is 9. The molecule has 0 amide bonds. The van der Waals surface area contributed by atoms with Gasteiger partial charge >= 0.3 is 0 Å². The van der Waals surface area contributed by atoms with Crippen LogP contribution >= 0.6 is 11.3 Å². The summed E-state index contributed by atoms with van der Waals surface area (Å²) in [4.78, 5) is 34.5. The van der Waals surface area contributed by atoms with Crippen molar-refractivity contribution >= 4 is 75.6 Å². The molecule has 10 aromatic rings. The van der Waals surface area contributed by atoms with Crippen molar-refractivity contribution in [2.75, 3.05) is 0 Å². The molecule has 10 heteroatoms. The highest BCUT2D eigenvalue weighted by molar-refractivity contribution is 7.25. The second kappa shape index (κ2) is 9.18. The molecule has 0 bridgehead atoms. The SMILES string of the molecule is c1ccc2c(c1)sc1cccc(-c3nc(-n4c5ncccc5c5cccnc54)nc(-n4c5ncccc5c5cccnc54)n3)c12. The van der Waals surface area contributed by atoms with Gasteiger partial charge in [-0.3, -0.25) is 0 Å². The molecular weight excluding hydrogens is 579 g/mol. The standard InChI is InChI=1S/C35H19N9S/c1-2-14-26-24(8-1)28-25(9-3-15-27(28)45-26)29-40-34(43-30-20(10-4-16-36-30)21-11-5-17-37-31(21)43)42-35(41-29)44-32-22(12-6-18-38-32)23-13-7-19-39-33(23)44/h1-19H. The predicted octanol–water partition coefficient (Wildman–Crippen LogP) is 7.68. The van der Waals surface area contributed by atoms with Crippen LogP contribution in [-0.4, -0.2) is 44.0 Å². The molecule has 8 heterocycles. The largest absolute Gasteiger partial charge is 0.245 e. The molecular formula is C35H19N9S. The van der Waals surface area contributed by atoms with Gasteiger partial charge in [0, 0.05) is 72.1 Å². The molecule has 8 aromatic heterocycles. The summed E-state index contributed by atoms with van der Waals surface area (Å²) in [5.41, 5.74) is 3.77. The number of hydrogen-bond donors (Lipinski definition) is 0. The number of benzene rings is 2. The summed E-state index contributed by atoms with van der Waals surface area (Å²) in [5, 5.41) is 6.14. The number of thiophene rings is 1. The van der Waals surface area contributed by atoms with E-state index in [9.17, 15) is 0 Å². The summed E-state index contributed by atoms with van der Waals surface area (Å²) in [6.07, 6.45) is 7.11. The Balaban J connectivity index is 1.36. The Bertz CT molecular complexity index is 2550. The number of aromatic nitrogens is 9. The van der Waals surface area contributed by atoms with E-state index in [2.05, 4.69) is 42.5 Å². The quantitative estimate of drug-likeness (QED) is 0.206. The fourth-order valence-corrected chi connectivity index (χ4v) is 7.49. The zero-order valence-electron chi connectivity index (χ0n) is 23.4. The molecule has 0 fully saturated rings. The van der Waals surface area contributed by atoms with Gasteiger partial charge in [0.05, 0.1) is 0 Å². The van der Waals surface area contributed by atoms with Gasteiger partial charge < -0.3 is 0 Å². The molecule has 0 unspecified atom stereocenters. The van der Waals surface area contributed by atoms with Crippen molar-refractivity contribution in [1.29, 1.82) is 0 Å². The molecule has 0 radical (unpaired) electrons. The van der Waals surface area contributed by atoms with Crippen LogP contribution in [0.5, 0.6) is 0 Å². The monoisotopic (exact) mass is 597 g/mol. The van der Waals surface area contributed by atoms with Gasteiger partial charge in [-0.25, -0.2) is 29.1 Å². The van der Waals surface area contributed by atoms with E-state index in [1.54, 1.807) is 36.1 Å². The first-order chi connectivity index (χ1) is 22.3. The van der Waals surface area contributed by atoms with Crippen LogP contribution in [0.1, 0.15) is 0 Å². The van der Waals surface area contributed by atoms with Crippen molar-refractivity contribution in [2.24, 2.45) is 0 Å². The van der Waals surface area contributed by atoms with Gasteiger partial charge in [0.15, 0.2) is 5.82 Å². The third-order valence-electron chi connectivity index (χ3n) is 8.23. The van der Waals surface area contributed by atoms with Gasteiger partial charge in [-0.2, -0.15) is 15.0 Å². The Morgan fingerprint density at radius 2 is 0.889 bits per heavy atom. The van der Waals surface area contributed by atoms with Crippen LogP contribution in [0.3, 0.4) is 0 Å². The average Bonchev–Trinajstić information content (AvgIpc) is 3.76. The van der Waals surface area contributed by atoms with Crippen LogP contribution < -0.4 is 0 Å². The van der Waals surface area contributed by atoms with Crippen LogP contribution in [-0.2, 0) is 0 Å². The first kappa shape index (κ1) is 24.3. The minimum Gasteiger partial charge on any atom is -0.245 e. The molecule has 2 aromatic carbocycles. The second-order valence-corrected chi connectivity index (χ2v) is 11.8. The predicted molar refractivity (Wildman–Crippen MR) is 178 cm³/mol. The summed E-state index contributed by atoms with van der Waals surface area (Å²) in [6, 6.07) is 30.6. The smallest absolute Gasteiger partial charge is 0.242 e. The molecule has 45 heavy (non-hydrogen) atoms. The molecule has 0 aliphatic rings. The van der Waals surface area contributed by atoms with Gasteiger partial charge in [0.25, 0.3) is 0 Å². The molecule has 0 saturated carbocycles. The Morgan fingerprint density at radius 1 is 0.422 bits per heavy atom. The third-order valence-corrected chi connectivity index (χ3v) is 9.37. The minimum absolute atomic E-state index is 0.408. The first-order valence-electron chi connectivity index (χ1n) is 14.4. The molecule has 10 rings (SSSR count). The lowest BCUT2D eigenvalue weighted by Gasteiger charge is -2.12. The Hall–Kier alpha value is -6.13. The molecule has 0 N–H and O–H groups in total. The molecule has 0 saturated heterocycles. The summed E-state index contributed by atoms with van der Waals surface area (Å²) in [6.45, 7) is 0. The van der Waals surface area contributed by atoms with E-state index in [1.165, 1.54) is 4.70 Å². The van der Waals surface area contributed by atoms with Gasteiger partial charge in [-0.15, -0.1) is 11.3 Å². The van der Waals surface area contributed by atoms with Crippen LogP contribution in [0.15, 0.2) is 116 Å². The van der Waals surface area contributed by atoms with E-state index in [1.807, 2.05) is 57.7 Å².